The lowest BCUT2D eigenvalue weighted by Gasteiger charge is -2.05. The van der Waals surface area contributed by atoms with E-state index in [1.54, 1.807) is 17.7 Å². The summed E-state index contributed by atoms with van der Waals surface area (Å²) in [5.74, 6) is -0.359. The van der Waals surface area contributed by atoms with Crippen molar-refractivity contribution in [1.82, 2.24) is 9.38 Å². The maximum atomic E-state index is 11.0. The number of benzene rings is 1. The summed E-state index contributed by atoms with van der Waals surface area (Å²) >= 11 is 0. The van der Waals surface area contributed by atoms with Crippen molar-refractivity contribution < 1.29 is 14.6 Å². The fourth-order valence-corrected chi connectivity index (χ4v) is 2.05. The molecule has 0 saturated heterocycles. The lowest BCUT2D eigenvalue weighted by Crippen LogP contribution is -1.95. The van der Waals surface area contributed by atoms with Gasteiger partial charge in [0.25, 0.3) is 0 Å². The number of ether oxygens (including phenoxy) is 1. The first-order chi connectivity index (χ1) is 8.70. The molecule has 0 unspecified atom stereocenters. The lowest BCUT2D eigenvalue weighted by atomic mass is 10.1. The van der Waals surface area contributed by atoms with Gasteiger partial charge in [0.15, 0.2) is 5.69 Å². The molecule has 5 nitrogen and oxygen atoms in total. The number of pyridine rings is 1. The smallest absolute Gasteiger partial charge is 0.356 e. The molecule has 3 rings (SSSR count). The lowest BCUT2D eigenvalue weighted by molar-refractivity contribution is 0.0691. The number of fused-ring (bicyclic) bond motifs is 3. The fourth-order valence-electron chi connectivity index (χ4n) is 2.05. The van der Waals surface area contributed by atoms with E-state index >= 15 is 0 Å². The molecular weight excluding hydrogens is 232 g/mol. The average Bonchev–Trinajstić information content (AvgIpc) is 2.82. The number of aromatic nitrogens is 2. The molecule has 3 aromatic rings. The highest BCUT2D eigenvalue weighted by atomic mass is 16.5. The Bertz CT molecular complexity index is 761. The van der Waals surface area contributed by atoms with Crippen LogP contribution >= 0.6 is 0 Å². The van der Waals surface area contributed by atoms with Crippen LogP contribution in [0.3, 0.4) is 0 Å². The van der Waals surface area contributed by atoms with E-state index in [0.29, 0.717) is 11.4 Å². The first-order valence-electron chi connectivity index (χ1n) is 5.38. The Morgan fingerprint density at radius 2 is 2.22 bits per heavy atom. The fraction of sp³-hybridized carbons (Fsp3) is 0.0769. The van der Waals surface area contributed by atoms with Crippen molar-refractivity contribution in [2.24, 2.45) is 0 Å². The Morgan fingerprint density at radius 1 is 1.39 bits per heavy atom. The standard InChI is InChI=1S/C13H10N2O3/c1-18-10-4-2-3-8-5-6-15-7-9(13(16)17)14-12(15)11(8)10/h2-7H,1H3,(H,16,17). The van der Waals surface area contributed by atoms with Gasteiger partial charge >= 0.3 is 5.97 Å². The van der Waals surface area contributed by atoms with E-state index in [4.69, 9.17) is 9.84 Å². The van der Waals surface area contributed by atoms with E-state index in [9.17, 15) is 4.79 Å². The predicted molar refractivity (Wildman–Crippen MR) is 66.2 cm³/mol. The molecule has 0 fully saturated rings. The Hall–Kier alpha value is -2.56. The number of aromatic carboxylic acids is 1. The maximum absolute atomic E-state index is 11.0. The number of imidazole rings is 1. The minimum Gasteiger partial charge on any atom is -0.496 e. The number of carboxylic acid groups (broad SMARTS) is 1. The molecule has 1 aromatic carbocycles. The molecule has 2 aromatic heterocycles. The third-order valence-electron chi connectivity index (χ3n) is 2.87. The van der Waals surface area contributed by atoms with Crippen molar-refractivity contribution in [3.8, 4) is 5.75 Å². The Balaban J connectivity index is 2.47. The number of methoxy groups -OCH3 is 1. The van der Waals surface area contributed by atoms with E-state index in [1.807, 2.05) is 24.3 Å². The Morgan fingerprint density at radius 3 is 2.94 bits per heavy atom. The highest BCUT2D eigenvalue weighted by molar-refractivity contribution is 6.00. The van der Waals surface area contributed by atoms with E-state index in [1.165, 1.54) is 6.20 Å². The molecule has 0 aliphatic rings. The molecule has 0 atom stereocenters. The van der Waals surface area contributed by atoms with Gasteiger partial charge in [-0.15, -0.1) is 0 Å². The molecule has 0 bridgehead atoms. The van der Waals surface area contributed by atoms with Crippen molar-refractivity contribution in [1.29, 1.82) is 0 Å². The van der Waals surface area contributed by atoms with Crippen molar-refractivity contribution in [2.75, 3.05) is 7.11 Å². The molecule has 1 N–H and O–H groups in total. The minimum absolute atomic E-state index is 0.0217. The van der Waals surface area contributed by atoms with Gasteiger partial charge in [-0.05, 0) is 17.5 Å². The largest absolute Gasteiger partial charge is 0.496 e. The molecule has 0 radical (unpaired) electrons. The van der Waals surface area contributed by atoms with Gasteiger partial charge in [-0.3, -0.25) is 0 Å². The van der Waals surface area contributed by atoms with Gasteiger partial charge in [0.2, 0.25) is 0 Å². The quantitative estimate of drug-likeness (QED) is 0.748. The molecule has 0 amide bonds. The van der Waals surface area contributed by atoms with Crippen molar-refractivity contribution in [3.05, 3.63) is 42.4 Å². The molecule has 18 heavy (non-hydrogen) atoms. The Kier molecular flexibility index (Phi) is 2.19. The number of hydrogen-bond acceptors (Lipinski definition) is 3. The van der Waals surface area contributed by atoms with E-state index < -0.39 is 5.97 Å². The van der Waals surface area contributed by atoms with E-state index in [0.717, 1.165) is 10.8 Å². The van der Waals surface area contributed by atoms with E-state index in [2.05, 4.69) is 4.98 Å². The SMILES string of the molecule is COc1cccc2ccn3cc(C(=O)O)nc3c12. The van der Waals surface area contributed by atoms with Gasteiger partial charge in [-0.1, -0.05) is 12.1 Å². The number of carbonyl (C=O) groups is 1. The van der Waals surface area contributed by atoms with Crippen LogP contribution in [0, 0.1) is 0 Å². The summed E-state index contributed by atoms with van der Waals surface area (Å²) in [4.78, 5) is 15.1. The molecular formula is C13H10N2O3. The van der Waals surface area contributed by atoms with Crippen molar-refractivity contribution >= 4 is 22.4 Å². The molecule has 0 saturated carbocycles. The first-order valence-corrected chi connectivity index (χ1v) is 5.38. The van der Waals surface area contributed by atoms with Crippen LogP contribution in [0.15, 0.2) is 36.7 Å². The third-order valence-corrected chi connectivity index (χ3v) is 2.87. The summed E-state index contributed by atoms with van der Waals surface area (Å²) in [6.45, 7) is 0. The van der Waals surface area contributed by atoms with Crippen molar-refractivity contribution in [2.45, 2.75) is 0 Å². The molecule has 90 valence electrons. The zero-order valence-corrected chi connectivity index (χ0v) is 9.62. The van der Waals surface area contributed by atoms with Crippen LogP contribution in [0.1, 0.15) is 10.5 Å². The summed E-state index contributed by atoms with van der Waals surface area (Å²) in [5, 5.41) is 10.8. The predicted octanol–water partition coefficient (Wildman–Crippen LogP) is 2.19. The van der Waals surface area contributed by atoms with Gasteiger partial charge in [-0.2, -0.15) is 0 Å². The van der Waals surface area contributed by atoms with Crippen LogP contribution in [-0.2, 0) is 0 Å². The van der Waals surface area contributed by atoms with Crippen LogP contribution < -0.4 is 4.74 Å². The van der Waals surface area contributed by atoms with Crippen LogP contribution in [0.4, 0.5) is 0 Å². The second-order valence-corrected chi connectivity index (χ2v) is 3.90. The van der Waals surface area contributed by atoms with Gasteiger partial charge in [0.1, 0.15) is 11.4 Å². The summed E-state index contributed by atoms with van der Waals surface area (Å²) < 4.78 is 6.99. The van der Waals surface area contributed by atoms with Crippen LogP contribution in [0.25, 0.3) is 16.4 Å². The summed E-state index contributed by atoms with van der Waals surface area (Å²) in [5.41, 5.74) is 0.607. The Labute approximate surface area is 102 Å². The summed E-state index contributed by atoms with van der Waals surface area (Å²) in [6, 6.07) is 7.56. The average molecular weight is 242 g/mol. The van der Waals surface area contributed by atoms with Gasteiger partial charge in [0.05, 0.1) is 12.5 Å². The molecule has 5 heteroatoms. The number of rotatable bonds is 2. The highest BCUT2D eigenvalue weighted by Gasteiger charge is 2.13. The van der Waals surface area contributed by atoms with Crippen LogP contribution in [0.2, 0.25) is 0 Å². The zero-order chi connectivity index (χ0) is 12.7. The minimum atomic E-state index is -1.04. The number of carboxylic acids is 1. The van der Waals surface area contributed by atoms with Gasteiger partial charge in [-0.25, -0.2) is 9.78 Å². The molecule has 2 heterocycles. The summed E-state index contributed by atoms with van der Waals surface area (Å²) in [6.07, 6.45) is 3.28. The monoisotopic (exact) mass is 242 g/mol. The normalized spacial score (nSPS) is 10.9. The molecule has 0 aliphatic heterocycles. The molecule has 0 aliphatic carbocycles. The third kappa shape index (κ3) is 1.41. The number of hydrogen-bond donors (Lipinski definition) is 1. The van der Waals surface area contributed by atoms with Crippen LogP contribution in [0.5, 0.6) is 5.75 Å². The second kappa shape index (κ2) is 3.73. The van der Waals surface area contributed by atoms with E-state index in [-0.39, 0.29) is 5.69 Å². The van der Waals surface area contributed by atoms with Gasteiger partial charge in [0, 0.05) is 12.4 Å². The number of nitrogens with zero attached hydrogens (tertiary/aromatic N) is 2. The molecule has 0 spiro atoms. The second-order valence-electron chi connectivity index (χ2n) is 3.90. The first kappa shape index (κ1) is 10.6. The maximum Gasteiger partial charge on any atom is 0.356 e. The van der Waals surface area contributed by atoms with Crippen molar-refractivity contribution in [3.63, 3.8) is 0 Å². The van der Waals surface area contributed by atoms with Crippen LogP contribution in [-0.4, -0.2) is 27.6 Å². The zero-order valence-electron chi connectivity index (χ0n) is 9.62. The summed E-state index contributed by atoms with van der Waals surface area (Å²) in [7, 11) is 1.58. The topological polar surface area (TPSA) is 63.8 Å². The van der Waals surface area contributed by atoms with Gasteiger partial charge < -0.3 is 14.2 Å². The highest BCUT2D eigenvalue weighted by Crippen LogP contribution is 2.28.